The lowest BCUT2D eigenvalue weighted by Crippen LogP contribution is -2.26. The first-order valence-electron chi connectivity index (χ1n) is 6.15. The molecule has 0 atom stereocenters. The van der Waals surface area contributed by atoms with Gasteiger partial charge in [0, 0.05) is 7.05 Å². The summed E-state index contributed by atoms with van der Waals surface area (Å²) in [7, 11) is -2.39. The summed E-state index contributed by atoms with van der Waals surface area (Å²) in [6, 6.07) is 13.4. The van der Waals surface area contributed by atoms with Gasteiger partial charge in [0.05, 0.1) is 23.1 Å². The second kappa shape index (κ2) is 5.94. The summed E-state index contributed by atoms with van der Waals surface area (Å²) in [6.07, 6.45) is 0.222. The fraction of sp³-hybridized carbons (Fsp3) is 0.133. The SMILES string of the molecule is CN(c1cccc(F)c1)S(=O)(=O)c1ccc(CC#N)cc1. The van der Waals surface area contributed by atoms with E-state index in [-0.39, 0.29) is 17.0 Å². The molecule has 0 radical (unpaired) electrons. The molecule has 0 heterocycles. The van der Waals surface area contributed by atoms with Crippen molar-refractivity contribution in [2.45, 2.75) is 11.3 Å². The summed E-state index contributed by atoms with van der Waals surface area (Å²) in [4.78, 5) is 0.0935. The van der Waals surface area contributed by atoms with E-state index in [4.69, 9.17) is 5.26 Å². The zero-order valence-corrected chi connectivity index (χ0v) is 12.1. The average molecular weight is 304 g/mol. The summed E-state index contributed by atoms with van der Waals surface area (Å²) in [5.74, 6) is -0.501. The Hall–Kier alpha value is -2.39. The fourth-order valence-electron chi connectivity index (χ4n) is 1.84. The molecule has 0 N–H and O–H groups in total. The van der Waals surface area contributed by atoms with Gasteiger partial charge in [0.15, 0.2) is 0 Å². The van der Waals surface area contributed by atoms with Crippen molar-refractivity contribution >= 4 is 15.7 Å². The van der Waals surface area contributed by atoms with Crippen molar-refractivity contribution in [3.05, 3.63) is 59.9 Å². The van der Waals surface area contributed by atoms with Crippen molar-refractivity contribution in [1.82, 2.24) is 0 Å². The molecule has 0 spiro atoms. The molecule has 0 aliphatic heterocycles. The minimum atomic E-state index is -3.76. The van der Waals surface area contributed by atoms with Crippen molar-refractivity contribution < 1.29 is 12.8 Å². The molecule has 0 aliphatic rings. The highest BCUT2D eigenvalue weighted by Gasteiger charge is 2.21. The van der Waals surface area contributed by atoms with Crippen molar-refractivity contribution in [1.29, 1.82) is 5.26 Å². The van der Waals surface area contributed by atoms with Crippen molar-refractivity contribution in [3.8, 4) is 6.07 Å². The van der Waals surface area contributed by atoms with Crippen LogP contribution in [0.5, 0.6) is 0 Å². The normalized spacial score (nSPS) is 10.9. The number of hydrogen-bond donors (Lipinski definition) is 0. The summed E-state index contributed by atoms with van der Waals surface area (Å²) in [6.45, 7) is 0. The number of nitrogens with zero attached hydrogens (tertiary/aromatic N) is 2. The van der Waals surface area contributed by atoms with Gasteiger partial charge in [-0.15, -0.1) is 0 Å². The molecule has 0 amide bonds. The average Bonchev–Trinajstić information content (AvgIpc) is 2.47. The van der Waals surface area contributed by atoms with Crippen LogP contribution in [0, 0.1) is 17.1 Å². The number of benzene rings is 2. The molecular formula is C15H13FN2O2S. The molecular weight excluding hydrogens is 291 g/mol. The first-order valence-corrected chi connectivity index (χ1v) is 7.59. The monoisotopic (exact) mass is 304 g/mol. The van der Waals surface area contributed by atoms with Gasteiger partial charge in [-0.25, -0.2) is 12.8 Å². The van der Waals surface area contributed by atoms with Crippen LogP contribution in [-0.4, -0.2) is 15.5 Å². The molecule has 2 aromatic carbocycles. The highest BCUT2D eigenvalue weighted by Crippen LogP contribution is 2.22. The summed E-state index contributed by atoms with van der Waals surface area (Å²) < 4.78 is 39.1. The number of nitriles is 1. The lowest BCUT2D eigenvalue weighted by Gasteiger charge is -2.19. The van der Waals surface area contributed by atoms with E-state index < -0.39 is 15.8 Å². The molecule has 0 aliphatic carbocycles. The first kappa shape index (κ1) is 15.0. The Bertz CT molecular complexity index is 780. The van der Waals surface area contributed by atoms with Crippen molar-refractivity contribution in [2.75, 3.05) is 11.4 Å². The van der Waals surface area contributed by atoms with Crippen LogP contribution in [0.25, 0.3) is 0 Å². The quantitative estimate of drug-likeness (QED) is 0.872. The third-order valence-electron chi connectivity index (χ3n) is 3.04. The smallest absolute Gasteiger partial charge is 0.264 e. The summed E-state index contributed by atoms with van der Waals surface area (Å²) in [5, 5.41) is 8.60. The second-order valence-electron chi connectivity index (χ2n) is 4.43. The number of anilines is 1. The maximum atomic E-state index is 13.2. The Morgan fingerprint density at radius 2 is 1.86 bits per heavy atom. The van der Waals surface area contributed by atoms with Gasteiger partial charge >= 0.3 is 0 Å². The van der Waals surface area contributed by atoms with Crippen LogP contribution in [0.15, 0.2) is 53.4 Å². The zero-order chi connectivity index (χ0) is 15.5. The minimum absolute atomic E-state index is 0.0935. The van der Waals surface area contributed by atoms with Gasteiger partial charge in [-0.05, 0) is 35.9 Å². The lowest BCUT2D eigenvalue weighted by molar-refractivity contribution is 0.594. The molecule has 0 aromatic heterocycles. The molecule has 2 rings (SSSR count). The molecule has 0 saturated carbocycles. The molecule has 0 saturated heterocycles. The molecule has 108 valence electrons. The molecule has 0 fully saturated rings. The lowest BCUT2D eigenvalue weighted by atomic mass is 10.2. The van der Waals surface area contributed by atoms with Gasteiger partial charge in [0.2, 0.25) is 0 Å². The third-order valence-corrected chi connectivity index (χ3v) is 4.84. The van der Waals surface area contributed by atoms with E-state index in [1.54, 1.807) is 12.1 Å². The zero-order valence-electron chi connectivity index (χ0n) is 11.3. The molecule has 0 unspecified atom stereocenters. The Labute approximate surface area is 123 Å². The van der Waals surface area contributed by atoms with Crippen LogP contribution in [-0.2, 0) is 16.4 Å². The van der Waals surface area contributed by atoms with Crippen LogP contribution in [0.1, 0.15) is 5.56 Å². The van der Waals surface area contributed by atoms with Gasteiger partial charge in [-0.1, -0.05) is 18.2 Å². The maximum absolute atomic E-state index is 13.2. The Balaban J connectivity index is 2.35. The van der Waals surface area contributed by atoms with E-state index in [9.17, 15) is 12.8 Å². The standard InChI is InChI=1S/C15H13FN2O2S/c1-18(14-4-2-3-13(16)11-14)21(19,20)15-7-5-12(6-8-15)9-10-17/h2-8,11H,9H2,1H3. The van der Waals surface area contributed by atoms with E-state index in [0.29, 0.717) is 0 Å². The molecule has 6 heteroatoms. The number of sulfonamides is 1. The largest absolute Gasteiger partial charge is 0.269 e. The van der Waals surface area contributed by atoms with Gasteiger partial charge in [0.25, 0.3) is 10.0 Å². The van der Waals surface area contributed by atoms with Crippen LogP contribution in [0.3, 0.4) is 0 Å². The van der Waals surface area contributed by atoms with Crippen LogP contribution >= 0.6 is 0 Å². The van der Waals surface area contributed by atoms with E-state index in [0.717, 1.165) is 15.9 Å². The molecule has 4 nitrogen and oxygen atoms in total. The van der Waals surface area contributed by atoms with E-state index in [1.807, 2.05) is 6.07 Å². The van der Waals surface area contributed by atoms with Crippen LogP contribution < -0.4 is 4.31 Å². The van der Waals surface area contributed by atoms with Gasteiger partial charge < -0.3 is 0 Å². The Kier molecular flexibility index (Phi) is 4.24. The van der Waals surface area contributed by atoms with Gasteiger partial charge in [-0.3, -0.25) is 4.31 Å². The Morgan fingerprint density at radius 1 is 1.19 bits per heavy atom. The summed E-state index contributed by atoms with van der Waals surface area (Å²) in [5.41, 5.74) is 0.987. The highest BCUT2D eigenvalue weighted by molar-refractivity contribution is 7.92. The van der Waals surface area contributed by atoms with Crippen molar-refractivity contribution in [2.24, 2.45) is 0 Å². The highest BCUT2D eigenvalue weighted by atomic mass is 32.2. The minimum Gasteiger partial charge on any atom is -0.269 e. The van der Waals surface area contributed by atoms with E-state index >= 15 is 0 Å². The van der Waals surface area contributed by atoms with Gasteiger partial charge in [-0.2, -0.15) is 5.26 Å². The van der Waals surface area contributed by atoms with Gasteiger partial charge in [0.1, 0.15) is 5.82 Å². The first-order chi connectivity index (χ1) is 9.95. The predicted molar refractivity (Wildman–Crippen MR) is 77.7 cm³/mol. The molecule has 2 aromatic rings. The third kappa shape index (κ3) is 3.20. The van der Waals surface area contributed by atoms with E-state index in [1.165, 1.54) is 37.4 Å². The summed E-state index contributed by atoms with van der Waals surface area (Å²) >= 11 is 0. The topological polar surface area (TPSA) is 61.2 Å². The maximum Gasteiger partial charge on any atom is 0.264 e. The molecule has 0 bridgehead atoms. The predicted octanol–water partition coefficient (Wildman–Crippen LogP) is 2.72. The van der Waals surface area contributed by atoms with Crippen LogP contribution in [0.4, 0.5) is 10.1 Å². The van der Waals surface area contributed by atoms with Crippen molar-refractivity contribution in [3.63, 3.8) is 0 Å². The second-order valence-corrected chi connectivity index (χ2v) is 6.40. The number of hydrogen-bond acceptors (Lipinski definition) is 3. The fourth-order valence-corrected chi connectivity index (χ4v) is 3.03. The van der Waals surface area contributed by atoms with E-state index in [2.05, 4.69) is 0 Å². The molecule has 21 heavy (non-hydrogen) atoms. The Morgan fingerprint density at radius 3 is 2.43 bits per heavy atom. The number of halogens is 1. The number of rotatable bonds is 4. The van der Waals surface area contributed by atoms with Crippen LogP contribution in [0.2, 0.25) is 0 Å².